The zero-order chi connectivity index (χ0) is 17.1. The van der Waals surface area contributed by atoms with Gasteiger partial charge in [0.2, 0.25) is 0 Å². The summed E-state index contributed by atoms with van der Waals surface area (Å²) in [5.74, 6) is 0.0888. The average Bonchev–Trinajstić information content (AvgIpc) is 3.18. The quantitative estimate of drug-likeness (QED) is 0.844. The maximum absolute atomic E-state index is 12.5. The molecule has 0 bridgehead atoms. The van der Waals surface area contributed by atoms with E-state index in [1.807, 2.05) is 16.5 Å². The van der Waals surface area contributed by atoms with Crippen molar-refractivity contribution in [3.8, 4) is 0 Å². The molecule has 2 aliphatic heterocycles. The Morgan fingerprint density at radius 1 is 1.08 bits per heavy atom. The molecule has 4 rings (SSSR count). The van der Waals surface area contributed by atoms with Crippen LogP contribution >= 0.6 is 11.3 Å². The number of likely N-dealkylation sites (tertiary alicyclic amines) is 2. The van der Waals surface area contributed by atoms with Crippen molar-refractivity contribution in [2.45, 2.75) is 32.2 Å². The zero-order valence-corrected chi connectivity index (χ0v) is 15.1. The van der Waals surface area contributed by atoms with E-state index in [-0.39, 0.29) is 5.91 Å². The highest BCUT2D eigenvalue weighted by molar-refractivity contribution is 7.09. The second-order valence-electron chi connectivity index (χ2n) is 7.13. The van der Waals surface area contributed by atoms with Gasteiger partial charge >= 0.3 is 0 Å². The largest absolute Gasteiger partial charge is 0.339 e. The number of aromatic nitrogens is 3. The van der Waals surface area contributed by atoms with Crippen molar-refractivity contribution in [3.05, 3.63) is 40.6 Å². The van der Waals surface area contributed by atoms with Crippen molar-refractivity contribution in [2.24, 2.45) is 5.41 Å². The Balaban J connectivity index is 1.29. The highest BCUT2D eigenvalue weighted by Gasteiger charge is 2.38. The van der Waals surface area contributed by atoms with Gasteiger partial charge in [0.15, 0.2) is 0 Å². The summed E-state index contributed by atoms with van der Waals surface area (Å²) in [4.78, 5) is 21.4. The first-order chi connectivity index (χ1) is 12.2. The Morgan fingerprint density at radius 3 is 2.48 bits per heavy atom. The summed E-state index contributed by atoms with van der Waals surface area (Å²) in [6.07, 6.45) is 9.72. The van der Waals surface area contributed by atoms with Crippen LogP contribution in [0.2, 0.25) is 0 Å². The van der Waals surface area contributed by atoms with Crippen molar-refractivity contribution < 1.29 is 4.79 Å². The maximum Gasteiger partial charge on any atom is 0.255 e. The van der Waals surface area contributed by atoms with Gasteiger partial charge in [-0.25, -0.2) is 4.98 Å². The minimum Gasteiger partial charge on any atom is -0.339 e. The van der Waals surface area contributed by atoms with Crippen molar-refractivity contribution in [2.75, 3.05) is 26.2 Å². The molecule has 2 aliphatic rings. The molecule has 2 aromatic rings. The monoisotopic (exact) mass is 357 g/mol. The third-order valence-corrected chi connectivity index (χ3v) is 6.47. The van der Waals surface area contributed by atoms with E-state index in [4.69, 9.17) is 0 Å². The molecule has 0 atom stereocenters. The topological polar surface area (TPSA) is 62.2 Å². The molecule has 4 heterocycles. The van der Waals surface area contributed by atoms with Crippen LogP contribution in [-0.2, 0) is 6.54 Å². The molecule has 6 nitrogen and oxygen atoms in total. The second kappa shape index (κ2) is 7.17. The van der Waals surface area contributed by atoms with Gasteiger partial charge in [-0.3, -0.25) is 9.69 Å². The summed E-state index contributed by atoms with van der Waals surface area (Å²) in [7, 11) is 0. The second-order valence-corrected chi connectivity index (χ2v) is 8.10. The SMILES string of the molecule is O=C(c1ccnnc1)N1CCC2(CCN(Cc3nccs3)CC2)CC1. The van der Waals surface area contributed by atoms with Gasteiger partial charge in [-0.15, -0.1) is 11.3 Å². The fourth-order valence-electron chi connectivity index (χ4n) is 3.99. The standard InChI is InChI=1S/C18H23N5OS/c24-17(15-1-6-20-21-13-15)23-10-4-18(5-11-23)2-8-22(9-3-18)14-16-19-7-12-25-16/h1,6-7,12-13H,2-5,8-11,14H2. The molecular weight excluding hydrogens is 334 g/mol. The lowest BCUT2D eigenvalue weighted by atomic mass is 9.71. The number of amides is 1. The minimum atomic E-state index is 0.0888. The van der Waals surface area contributed by atoms with Crippen molar-refractivity contribution in [3.63, 3.8) is 0 Å². The number of carbonyl (C=O) groups is 1. The number of thiazole rings is 1. The molecule has 2 fully saturated rings. The molecule has 7 heteroatoms. The van der Waals surface area contributed by atoms with E-state index in [1.54, 1.807) is 29.8 Å². The molecule has 0 unspecified atom stereocenters. The van der Waals surface area contributed by atoms with E-state index in [0.717, 1.165) is 45.6 Å². The van der Waals surface area contributed by atoms with Gasteiger partial charge < -0.3 is 4.90 Å². The van der Waals surface area contributed by atoms with E-state index < -0.39 is 0 Å². The first-order valence-electron chi connectivity index (χ1n) is 8.91. The Bertz CT molecular complexity index is 688. The van der Waals surface area contributed by atoms with Gasteiger partial charge in [-0.2, -0.15) is 10.2 Å². The van der Waals surface area contributed by atoms with E-state index >= 15 is 0 Å². The Morgan fingerprint density at radius 2 is 1.84 bits per heavy atom. The van der Waals surface area contributed by atoms with Crippen molar-refractivity contribution in [1.29, 1.82) is 0 Å². The smallest absolute Gasteiger partial charge is 0.255 e. The minimum absolute atomic E-state index is 0.0888. The fourth-order valence-corrected chi connectivity index (χ4v) is 4.65. The van der Waals surface area contributed by atoms with Gasteiger partial charge in [0, 0.05) is 24.7 Å². The highest BCUT2D eigenvalue weighted by Crippen LogP contribution is 2.41. The summed E-state index contributed by atoms with van der Waals surface area (Å²) < 4.78 is 0. The van der Waals surface area contributed by atoms with Crippen molar-refractivity contribution in [1.82, 2.24) is 25.0 Å². The van der Waals surface area contributed by atoms with Gasteiger partial charge in [-0.05, 0) is 50.3 Å². The highest BCUT2D eigenvalue weighted by atomic mass is 32.1. The predicted molar refractivity (Wildman–Crippen MR) is 96.2 cm³/mol. The van der Waals surface area contributed by atoms with Crippen LogP contribution in [0.4, 0.5) is 0 Å². The molecule has 1 amide bonds. The lowest BCUT2D eigenvalue weighted by molar-refractivity contribution is 0.0284. The molecule has 1 spiro atoms. The first-order valence-corrected chi connectivity index (χ1v) is 9.79. The van der Waals surface area contributed by atoms with Crippen LogP contribution in [0.15, 0.2) is 30.0 Å². The summed E-state index contributed by atoms with van der Waals surface area (Å²) in [5.41, 5.74) is 1.07. The Labute approximate surface area is 151 Å². The van der Waals surface area contributed by atoms with E-state index in [2.05, 4.69) is 20.1 Å². The number of hydrogen-bond donors (Lipinski definition) is 0. The third-order valence-electron chi connectivity index (χ3n) is 5.70. The van der Waals surface area contributed by atoms with Crippen LogP contribution in [0.3, 0.4) is 0 Å². The molecule has 2 saturated heterocycles. The molecule has 132 valence electrons. The van der Waals surface area contributed by atoms with E-state index in [9.17, 15) is 4.79 Å². The van der Waals surface area contributed by atoms with Gasteiger partial charge in [0.25, 0.3) is 5.91 Å². The average molecular weight is 357 g/mol. The Hall–Kier alpha value is -1.86. The number of piperidine rings is 2. The number of carbonyl (C=O) groups excluding carboxylic acids is 1. The van der Waals surface area contributed by atoms with Crippen LogP contribution in [0.25, 0.3) is 0 Å². The summed E-state index contributed by atoms with van der Waals surface area (Å²) in [6.45, 7) is 4.97. The molecule has 0 aliphatic carbocycles. The van der Waals surface area contributed by atoms with E-state index in [0.29, 0.717) is 11.0 Å². The molecule has 0 aromatic carbocycles. The van der Waals surface area contributed by atoms with Crippen LogP contribution in [0.5, 0.6) is 0 Å². The van der Waals surface area contributed by atoms with E-state index in [1.165, 1.54) is 17.8 Å². The summed E-state index contributed by atoms with van der Waals surface area (Å²) in [5, 5.41) is 10.8. The van der Waals surface area contributed by atoms with Crippen LogP contribution in [0.1, 0.15) is 41.0 Å². The molecule has 0 N–H and O–H groups in total. The summed E-state index contributed by atoms with van der Waals surface area (Å²) >= 11 is 1.74. The fraction of sp³-hybridized carbons (Fsp3) is 0.556. The molecule has 25 heavy (non-hydrogen) atoms. The van der Waals surface area contributed by atoms with Gasteiger partial charge in [-0.1, -0.05) is 0 Å². The zero-order valence-electron chi connectivity index (χ0n) is 14.3. The number of hydrogen-bond acceptors (Lipinski definition) is 6. The van der Waals surface area contributed by atoms with Gasteiger partial charge in [0.05, 0.1) is 24.5 Å². The summed E-state index contributed by atoms with van der Waals surface area (Å²) in [6, 6.07) is 1.75. The first kappa shape index (κ1) is 16.6. The lowest BCUT2D eigenvalue weighted by Gasteiger charge is -2.46. The Kier molecular flexibility index (Phi) is 4.76. The molecule has 2 aromatic heterocycles. The van der Waals surface area contributed by atoms with Crippen molar-refractivity contribution >= 4 is 17.2 Å². The molecular formula is C18H23N5OS. The van der Waals surface area contributed by atoms with Gasteiger partial charge in [0.1, 0.15) is 5.01 Å². The van der Waals surface area contributed by atoms with Crippen LogP contribution < -0.4 is 0 Å². The third kappa shape index (κ3) is 3.72. The van der Waals surface area contributed by atoms with Crippen LogP contribution in [0, 0.1) is 5.41 Å². The molecule has 0 radical (unpaired) electrons. The number of nitrogens with zero attached hydrogens (tertiary/aromatic N) is 5. The normalized spacial score (nSPS) is 20.7. The number of rotatable bonds is 3. The maximum atomic E-state index is 12.5. The lowest BCUT2D eigenvalue weighted by Crippen LogP contribution is -2.48. The van der Waals surface area contributed by atoms with Crippen LogP contribution in [-0.4, -0.2) is 57.1 Å². The molecule has 0 saturated carbocycles. The predicted octanol–water partition coefficient (Wildman–Crippen LogP) is 2.45.